The normalized spacial score (nSPS) is 19.6. The Bertz CT molecular complexity index is 921. The zero-order valence-corrected chi connectivity index (χ0v) is 14.7. The van der Waals surface area contributed by atoms with Gasteiger partial charge < -0.3 is 20.9 Å². The third-order valence-corrected chi connectivity index (χ3v) is 5.25. The van der Waals surface area contributed by atoms with E-state index in [1.54, 1.807) is 4.57 Å². The maximum Gasteiger partial charge on any atom is 0.291 e. The van der Waals surface area contributed by atoms with E-state index in [0.717, 1.165) is 30.2 Å². The number of carbonyl (C=O) groups excluding carboxylic acids is 1. The van der Waals surface area contributed by atoms with E-state index in [9.17, 15) is 14.7 Å². The van der Waals surface area contributed by atoms with Crippen LogP contribution in [-0.4, -0.2) is 44.5 Å². The van der Waals surface area contributed by atoms with Gasteiger partial charge in [-0.15, -0.1) is 5.10 Å². The van der Waals surface area contributed by atoms with Crippen molar-refractivity contribution in [1.29, 1.82) is 0 Å². The lowest BCUT2D eigenvalue weighted by Crippen LogP contribution is -2.36. The average Bonchev–Trinajstić information content (AvgIpc) is 3.31. The van der Waals surface area contributed by atoms with Gasteiger partial charge in [0, 0.05) is 31.9 Å². The number of nitrogens with one attached hydrogen (secondary N) is 1. The summed E-state index contributed by atoms with van der Waals surface area (Å²) in [6, 6.07) is 1.60. The molecule has 0 bridgehead atoms. The average molecular weight is 361 g/mol. The number of aromatic nitrogens is 3. The number of rotatable bonds is 4. The zero-order chi connectivity index (χ0) is 18.5. The van der Waals surface area contributed by atoms with Crippen LogP contribution in [0.2, 0.25) is 0 Å². The molecule has 0 spiro atoms. The molecule has 0 atom stereocenters. The van der Waals surface area contributed by atoms with Crippen molar-refractivity contribution in [2.75, 3.05) is 18.9 Å². The van der Waals surface area contributed by atoms with E-state index >= 15 is 0 Å². The maximum atomic E-state index is 12.7. The molecule has 2 aromatic rings. The highest BCUT2D eigenvalue weighted by Gasteiger charge is 2.33. The lowest BCUT2D eigenvalue weighted by molar-refractivity contribution is 0.0149. The van der Waals surface area contributed by atoms with Crippen molar-refractivity contribution in [3.63, 3.8) is 0 Å². The lowest BCUT2D eigenvalue weighted by Gasteiger charge is -2.34. The smallest absolute Gasteiger partial charge is 0.291 e. The molecular weight excluding hydrogens is 338 g/mol. The minimum Gasteiger partial charge on any atom is -0.494 e. The summed E-state index contributed by atoms with van der Waals surface area (Å²) in [6.45, 7) is 3.82. The van der Waals surface area contributed by atoms with E-state index in [1.807, 2.05) is 0 Å². The molecular formula is C17H23N5O4. The van der Waals surface area contributed by atoms with Crippen molar-refractivity contribution in [1.82, 2.24) is 19.5 Å². The molecule has 1 saturated heterocycles. The second-order valence-electron chi connectivity index (χ2n) is 7.60. The summed E-state index contributed by atoms with van der Waals surface area (Å²) in [4.78, 5) is 25.3. The second kappa shape index (κ2) is 6.01. The minimum atomic E-state index is -0.666. The zero-order valence-electron chi connectivity index (χ0n) is 14.7. The van der Waals surface area contributed by atoms with Crippen LogP contribution in [0.4, 0.5) is 5.82 Å². The van der Waals surface area contributed by atoms with Gasteiger partial charge in [-0.1, -0.05) is 6.92 Å². The van der Waals surface area contributed by atoms with Gasteiger partial charge in [0.15, 0.2) is 5.56 Å². The number of hydrogen-bond acceptors (Lipinski definition) is 6. The Morgan fingerprint density at radius 2 is 2.15 bits per heavy atom. The van der Waals surface area contributed by atoms with E-state index in [4.69, 9.17) is 10.5 Å². The van der Waals surface area contributed by atoms with Crippen LogP contribution in [-0.2, 0) is 11.3 Å². The minimum absolute atomic E-state index is 0.0705. The highest BCUT2D eigenvalue weighted by Crippen LogP contribution is 2.34. The second-order valence-corrected chi connectivity index (χ2v) is 7.60. The number of hydrogen-bond donors (Lipinski definition) is 3. The predicted molar refractivity (Wildman–Crippen MR) is 94.2 cm³/mol. The molecule has 0 radical (unpaired) electrons. The fourth-order valence-corrected chi connectivity index (χ4v) is 3.42. The maximum absolute atomic E-state index is 12.7. The largest absolute Gasteiger partial charge is 0.494 e. The number of fused-ring (bicyclic) bond motifs is 1. The van der Waals surface area contributed by atoms with E-state index in [2.05, 4.69) is 17.3 Å². The number of amides is 1. The molecule has 1 saturated carbocycles. The first-order valence-corrected chi connectivity index (χ1v) is 8.88. The van der Waals surface area contributed by atoms with Crippen molar-refractivity contribution >= 4 is 17.4 Å². The fourth-order valence-electron chi connectivity index (χ4n) is 3.42. The third-order valence-electron chi connectivity index (χ3n) is 5.25. The topological polar surface area (TPSA) is 124 Å². The summed E-state index contributed by atoms with van der Waals surface area (Å²) in [5, 5.41) is 17.6. The van der Waals surface area contributed by atoms with Gasteiger partial charge in [-0.3, -0.25) is 14.2 Å². The van der Waals surface area contributed by atoms with Crippen molar-refractivity contribution in [3.05, 3.63) is 22.0 Å². The molecule has 4 N–H and O–H groups in total. The fraction of sp³-hybridized carbons (Fsp3) is 0.588. The Kier molecular flexibility index (Phi) is 3.91. The summed E-state index contributed by atoms with van der Waals surface area (Å²) >= 11 is 0. The van der Waals surface area contributed by atoms with E-state index in [-0.39, 0.29) is 28.7 Å². The number of anilines is 1. The van der Waals surface area contributed by atoms with Gasteiger partial charge in [0.05, 0.1) is 0 Å². The van der Waals surface area contributed by atoms with Crippen molar-refractivity contribution < 1.29 is 14.6 Å². The SMILES string of the molecule is CC1(Cn2c(O)c(C(=O)NC3CC3)c(=O)n3nc(N)cc23)CCOCC1. The first-order chi connectivity index (χ1) is 12.4. The Labute approximate surface area is 149 Å². The molecule has 1 aliphatic carbocycles. The Hall–Kier alpha value is -2.55. The lowest BCUT2D eigenvalue weighted by atomic mass is 9.82. The van der Waals surface area contributed by atoms with Gasteiger partial charge in [-0.2, -0.15) is 4.52 Å². The van der Waals surface area contributed by atoms with Crippen molar-refractivity contribution in [3.8, 4) is 5.88 Å². The number of aromatic hydroxyl groups is 1. The van der Waals surface area contributed by atoms with Gasteiger partial charge in [0.2, 0.25) is 5.88 Å². The van der Waals surface area contributed by atoms with Crippen LogP contribution in [0.25, 0.3) is 5.65 Å². The number of carbonyl (C=O) groups is 1. The molecule has 26 heavy (non-hydrogen) atoms. The summed E-state index contributed by atoms with van der Waals surface area (Å²) in [5.74, 6) is -0.753. The molecule has 3 heterocycles. The van der Waals surface area contributed by atoms with E-state index in [1.165, 1.54) is 6.07 Å². The van der Waals surface area contributed by atoms with Crippen LogP contribution < -0.4 is 16.6 Å². The van der Waals surface area contributed by atoms with Crippen LogP contribution >= 0.6 is 0 Å². The molecule has 4 rings (SSSR count). The Morgan fingerprint density at radius 3 is 2.81 bits per heavy atom. The number of nitrogen functional groups attached to an aromatic ring is 1. The molecule has 2 aromatic heterocycles. The van der Waals surface area contributed by atoms with Crippen LogP contribution in [0, 0.1) is 5.41 Å². The number of nitrogens with two attached hydrogens (primary N) is 1. The number of nitrogens with zero attached hydrogens (tertiary/aromatic N) is 3. The molecule has 2 aliphatic rings. The van der Waals surface area contributed by atoms with E-state index in [0.29, 0.717) is 25.4 Å². The predicted octanol–water partition coefficient (Wildman–Crippen LogP) is 0.493. The molecule has 0 aromatic carbocycles. The standard InChI is InChI=1S/C17H23N5O4/c1-17(4-6-26-7-5-17)9-21-12-8-11(18)20-22(12)16(25)13(15(21)24)14(23)19-10-2-3-10/h8,10,24H,2-7,9H2,1H3,(H2,18,20)(H,19,23). The summed E-state index contributed by atoms with van der Waals surface area (Å²) in [6.07, 6.45) is 3.40. The molecule has 140 valence electrons. The molecule has 9 nitrogen and oxygen atoms in total. The van der Waals surface area contributed by atoms with Gasteiger partial charge in [0.25, 0.3) is 11.5 Å². The first kappa shape index (κ1) is 16.9. The molecule has 1 amide bonds. The molecule has 9 heteroatoms. The van der Waals surface area contributed by atoms with Crippen LogP contribution in [0.1, 0.15) is 43.0 Å². The van der Waals surface area contributed by atoms with Crippen LogP contribution in [0.5, 0.6) is 5.88 Å². The Morgan fingerprint density at radius 1 is 1.46 bits per heavy atom. The van der Waals surface area contributed by atoms with Crippen LogP contribution in [0.3, 0.4) is 0 Å². The quantitative estimate of drug-likeness (QED) is 0.728. The summed E-state index contributed by atoms with van der Waals surface area (Å²) in [5.41, 5.74) is 5.07. The summed E-state index contributed by atoms with van der Waals surface area (Å²) in [7, 11) is 0. The molecule has 1 aliphatic heterocycles. The molecule has 0 unspecified atom stereocenters. The number of ether oxygens (including phenoxy) is 1. The van der Waals surface area contributed by atoms with Gasteiger partial charge in [0.1, 0.15) is 11.5 Å². The van der Waals surface area contributed by atoms with Gasteiger partial charge in [-0.25, -0.2) is 0 Å². The van der Waals surface area contributed by atoms with E-state index < -0.39 is 11.5 Å². The summed E-state index contributed by atoms with van der Waals surface area (Å²) < 4.78 is 8.10. The Balaban J connectivity index is 1.84. The monoisotopic (exact) mass is 361 g/mol. The van der Waals surface area contributed by atoms with Crippen LogP contribution in [0.15, 0.2) is 10.9 Å². The van der Waals surface area contributed by atoms with Gasteiger partial charge in [-0.05, 0) is 31.1 Å². The third kappa shape index (κ3) is 2.92. The first-order valence-electron chi connectivity index (χ1n) is 8.88. The highest BCUT2D eigenvalue weighted by atomic mass is 16.5. The molecule has 2 fully saturated rings. The highest BCUT2D eigenvalue weighted by molar-refractivity contribution is 5.96. The van der Waals surface area contributed by atoms with Crippen molar-refractivity contribution in [2.45, 2.75) is 45.2 Å². The van der Waals surface area contributed by atoms with Crippen molar-refractivity contribution in [2.24, 2.45) is 5.41 Å². The van der Waals surface area contributed by atoms with Gasteiger partial charge >= 0.3 is 0 Å².